The Labute approximate surface area is 86.1 Å². The number of hydrogen-bond acceptors (Lipinski definition) is 3. The molecule has 1 atom stereocenters. The van der Waals surface area contributed by atoms with Gasteiger partial charge in [0.25, 0.3) is 0 Å². The molecule has 0 aromatic rings. The minimum Gasteiger partial charge on any atom is -0.312 e. The maximum absolute atomic E-state index is 8.74. The zero-order valence-corrected chi connectivity index (χ0v) is 8.92. The fraction of sp³-hybridized carbons (Fsp3) is 0.909. The normalized spacial score (nSPS) is 31.0. The van der Waals surface area contributed by atoms with Gasteiger partial charge in [0.05, 0.1) is 6.07 Å². The Balaban J connectivity index is 1.82. The van der Waals surface area contributed by atoms with Gasteiger partial charge in [0.1, 0.15) is 0 Å². The van der Waals surface area contributed by atoms with E-state index in [1.54, 1.807) is 0 Å². The van der Waals surface area contributed by atoms with Crippen LogP contribution in [0.3, 0.4) is 0 Å². The van der Waals surface area contributed by atoms with E-state index < -0.39 is 0 Å². The van der Waals surface area contributed by atoms with Crippen molar-refractivity contribution in [1.82, 2.24) is 10.2 Å². The maximum Gasteiger partial charge on any atom is 0.0628 e. The van der Waals surface area contributed by atoms with Crippen molar-refractivity contribution in [3.8, 4) is 6.07 Å². The van der Waals surface area contributed by atoms with Crippen molar-refractivity contribution in [3.63, 3.8) is 0 Å². The second-order valence-corrected chi connectivity index (χ2v) is 4.93. The van der Waals surface area contributed by atoms with E-state index in [0.717, 1.165) is 32.6 Å². The molecule has 1 saturated heterocycles. The first-order valence-electron chi connectivity index (χ1n) is 5.57. The highest BCUT2D eigenvalue weighted by Crippen LogP contribution is 2.49. The van der Waals surface area contributed by atoms with Crippen LogP contribution in [0, 0.1) is 16.7 Å². The third-order valence-electron chi connectivity index (χ3n) is 3.42. The predicted molar refractivity (Wildman–Crippen MR) is 55.8 cm³/mol. The molecule has 2 rings (SSSR count). The first-order valence-corrected chi connectivity index (χ1v) is 5.57. The van der Waals surface area contributed by atoms with E-state index in [4.69, 9.17) is 5.26 Å². The lowest BCUT2D eigenvalue weighted by atomic mass is 10.0. The molecule has 14 heavy (non-hydrogen) atoms. The first kappa shape index (κ1) is 9.95. The van der Waals surface area contributed by atoms with Crippen LogP contribution in [-0.4, -0.2) is 37.1 Å². The largest absolute Gasteiger partial charge is 0.312 e. The van der Waals surface area contributed by atoms with Crippen molar-refractivity contribution < 1.29 is 0 Å². The summed E-state index contributed by atoms with van der Waals surface area (Å²) >= 11 is 0. The molecule has 3 nitrogen and oxygen atoms in total. The summed E-state index contributed by atoms with van der Waals surface area (Å²) in [7, 11) is 0. The minimum atomic E-state index is 0.381. The van der Waals surface area contributed by atoms with Crippen molar-refractivity contribution in [2.24, 2.45) is 5.41 Å². The molecule has 1 aliphatic carbocycles. The van der Waals surface area contributed by atoms with Gasteiger partial charge in [0.15, 0.2) is 0 Å². The van der Waals surface area contributed by atoms with Gasteiger partial charge in [-0.05, 0) is 25.2 Å². The van der Waals surface area contributed by atoms with Gasteiger partial charge >= 0.3 is 0 Å². The minimum absolute atomic E-state index is 0.381. The average Bonchev–Trinajstić information content (AvgIpc) is 2.85. The van der Waals surface area contributed by atoms with Gasteiger partial charge < -0.3 is 5.32 Å². The van der Waals surface area contributed by atoms with Gasteiger partial charge in [0.2, 0.25) is 0 Å². The van der Waals surface area contributed by atoms with Gasteiger partial charge in [-0.15, -0.1) is 0 Å². The van der Waals surface area contributed by atoms with E-state index in [9.17, 15) is 0 Å². The molecule has 0 aromatic heterocycles. The van der Waals surface area contributed by atoms with Crippen LogP contribution in [0.25, 0.3) is 0 Å². The van der Waals surface area contributed by atoms with Crippen LogP contribution in [0.5, 0.6) is 0 Å². The molecular weight excluding hydrogens is 174 g/mol. The van der Waals surface area contributed by atoms with Crippen LogP contribution in [-0.2, 0) is 0 Å². The van der Waals surface area contributed by atoms with Crippen LogP contribution in [0.15, 0.2) is 0 Å². The molecule has 3 heteroatoms. The van der Waals surface area contributed by atoms with Crippen molar-refractivity contribution in [1.29, 1.82) is 5.26 Å². The molecule has 0 radical (unpaired) electrons. The predicted octanol–water partition coefficient (Wildman–Crippen LogP) is 0.974. The molecule has 0 spiro atoms. The van der Waals surface area contributed by atoms with Crippen LogP contribution in [0.1, 0.15) is 26.2 Å². The van der Waals surface area contributed by atoms with E-state index in [1.165, 1.54) is 12.8 Å². The number of piperazine rings is 1. The summed E-state index contributed by atoms with van der Waals surface area (Å²) in [6, 6.07) is 2.94. The fourth-order valence-corrected chi connectivity index (χ4v) is 2.37. The Hall–Kier alpha value is -0.590. The summed E-state index contributed by atoms with van der Waals surface area (Å²) in [6.45, 7) is 6.77. The molecule has 1 saturated carbocycles. The lowest BCUT2D eigenvalue weighted by Crippen LogP contribution is -2.50. The van der Waals surface area contributed by atoms with Crippen LogP contribution in [0.4, 0.5) is 0 Å². The monoisotopic (exact) mass is 193 g/mol. The van der Waals surface area contributed by atoms with E-state index in [0.29, 0.717) is 11.5 Å². The van der Waals surface area contributed by atoms with Gasteiger partial charge in [-0.1, -0.05) is 0 Å². The molecule has 1 N–H and O–H groups in total. The quantitative estimate of drug-likeness (QED) is 0.726. The van der Waals surface area contributed by atoms with E-state index >= 15 is 0 Å². The Morgan fingerprint density at radius 2 is 2.36 bits per heavy atom. The number of nitrogens with one attached hydrogen (secondary N) is 1. The summed E-state index contributed by atoms with van der Waals surface area (Å²) in [6.07, 6.45) is 3.28. The van der Waals surface area contributed by atoms with Crippen molar-refractivity contribution >= 4 is 0 Å². The molecule has 0 unspecified atom stereocenters. The Kier molecular flexibility index (Phi) is 2.76. The standard InChI is InChI=1S/C11H19N3/c1-10-8-14(7-6-13-10)9-11(2-3-11)4-5-12/h10,13H,2-4,6-9H2,1H3/t10-/m1/s1. The number of hydrogen-bond donors (Lipinski definition) is 1. The third-order valence-corrected chi connectivity index (χ3v) is 3.42. The number of nitriles is 1. The van der Waals surface area contributed by atoms with Crippen molar-refractivity contribution in [2.45, 2.75) is 32.2 Å². The van der Waals surface area contributed by atoms with Gasteiger partial charge in [-0.2, -0.15) is 5.26 Å². The number of rotatable bonds is 3. The molecule has 78 valence electrons. The molecule has 0 bridgehead atoms. The fourth-order valence-electron chi connectivity index (χ4n) is 2.37. The van der Waals surface area contributed by atoms with E-state index in [1.807, 2.05) is 0 Å². The van der Waals surface area contributed by atoms with Crippen LogP contribution < -0.4 is 5.32 Å². The lowest BCUT2D eigenvalue weighted by Gasteiger charge is -2.34. The topological polar surface area (TPSA) is 39.1 Å². The van der Waals surface area contributed by atoms with Gasteiger partial charge in [-0.3, -0.25) is 4.90 Å². The van der Waals surface area contributed by atoms with Crippen LogP contribution >= 0.6 is 0 Å². The maximum atomic E-state index is 8.74. The zero-order valence-electron chi connectivity index (χ0n) is 8.92. The summed E-state index contributed by atoms with van der Waals surface area (Å²) in [5.41, 5.74) is 0.381. The summed E-state index contributed by atoms with van der Waals surface area (Å²) in [5.74, 6) is 0. The lowest BCUT2D eigenvalue weighted by molar-refractivity contribution is 0.171. The van der Waals surface area contributed by atoms with E-state index in [-0.39, 0.29) is 0 Å². The highest BCUT2D eigenvalue weighted by atomic mass is 15.2. The smallest absolute Gasteiger partial charge is 0.0628 e. The van der Waals surface area contributed by atoms with Crippen molar-refractivity contribution in [3.05, 3.63) is 0 Å². The van der Waals surface area contributed by atoms with Gasteiger partial charge in [0, 0.05) is 38.6 Å². The highest BCUT2D eigenvalue weighted by Gasteiger charge is 2.43. The SMILES string of the molecule is C[C@@H]1CN(CC2(CC#N)CC2)CCN1. The summed E-state index contributed by atoms with van der Waals surface area (Å²) in [4.78, 5) is 2.52. The molecular formula is C11H19N3. The Bertz CT molecular complexity index is 239. The molecule has 2 aliphatic rings. The molecule has 1 heterocycles. The second-order valence-electron chi connectivity index (χ2n) is 4.93. The molecule has 1 aliphatic heterocycles. The van der Waals surface area contributed by atoms with Crippen LogP contribution in [0.2, 0.25) is 0 Å². The average molecular weight is 193 g/mol. The van der Waals surface area contributed by atoms with E-state index in [2.05, 4.69) is 23.2 Å². The third kappa shape index (κ3) is 2.26. The van der Waals surface area contributed by atoms with Crippen molar-refractivity contribution in [2.75, 3.05) is 26.2 Å². The Morgan fingerprint density at radius 1 is 1.57 bits per heavy atom. The molecule has 0 amide bonds. The summed E-state index contributed by atoms with van der Waals surface area (Å²) in [5, 5.41) is 12.2. The second kappa shape index (κ2) is 3.88. The highest BCUT2D eigenvalue weighted by molar-refractivity contribution is 5.01. The van der Waals surface area contributed by atoms with Gasteiger partial charge in [-0.25, -0.2) is 0 Å². The number of nitrogens with zero attached hydrogens (tertiary/aromatic N) is 2. The molecule has 2 fully saturated rings. The Morgan fingerprint density at radius 3 is 2.93 bits per heavy atom. The zero-order chi connectivity index (χ0) is 10.0. The first-order chi connectivity index (χ1) is 6.74. The summed E-state index contributed by atoms with van der Waals surface area (Å²) < 4.78 is 0. The molecule has 0 aromatic carbocycles.